The minimum Gasteiger partial charge on any atom is -0.338 e. The molecule has 126 valence electrons. The smallest absolute Gasteiger partial charge is 0.253 e. The minimum atomic E-state index is -0.377. The van der Waals surface area contributed by atoms with Gasteiger partial charge in [-0.25, -0.2) is 4.39 Å². The maximum absolute atomic E-state index is 13.0. The van der Waals surface area contributed by atoms with E-state index < -0.39 is 0 Å². The van der Waals surface area contributed by atoms with Crippen molar-refractivity contribution in [2.75, 3.05) is 18.4 Å². The molecule has 0 radical (unpaired) electrons. The number of rotatable bonds is 3. The maximum atomic E-state index is 13.0. The number of nitrogens with one attached hydrogen (secondary N) is 1. The molecule has 1 N–H and O–H groups in total. The molecule has 1 aliphatic heterocycles. The molecule has 2 amide bonds. The Morgan fingerprint density at radius 3 is 2.67 bits per heavy atom. The van der Waals surface area contributed by atoms with Crippen molar-refractivity contribution >= 4 is 17.6 Å². The van der Waals surface area contributed by atoms with Gasteiger partial charge < -0.3 is 10.2 Å². The monoisotopic (exact) mass is 330 g/mol. The highest BCUT2D eigenvalue weighted by molar-refractivity contribution is 5.96. The number of aromatic nitrogens is 2. The van der Waals surface area contributed by atoms with Crippen LogP contribution in [0.4, 0.5) is 10.2 Å². The van der Waals surface area contributed by atoms with Crippen LogP contribution in [0.5, 0.6) is 0 Å². The molecule has 1 aromatic carbocycles. The summed E-state index contributed by atoms with van der Waals surface area (Å²) in [5.74, 6) is -0.455. The molecule has 1 atom stereocenters. The van der Waals surface area contributed by atoms with Crippen molar-refractivity contribution < 1.29 is 14.0 Å². The number of benzene rings is 1. The van der Waals surface area contributed by atoms with Crippen LogP contribution in [0, 0.1) is 11.7 Å². The number of amides is 2. The number of carbonyl (C=O) groups is 2. The zero-order chi connectivity index (χ0) is 17.1. The first-order chi connectivity index (χ1) is 11.5. The van der Waals surface area contributed by atoms with E-state index in [-0.39, 0.29) is 23.5 Å². The Morgan fingerprint density at radius 2 is 2.00 bits per heavy atom. The molecule has 2 aromatic rings. The van der Waals surface area contributed by atoms with Crippen LogP contribution in [-0.4, -0.2) is 39.6 Å². The molecule has 0 bridgehead atoms. The lowest BCUT2D eigenvalue weighted by Gasteiger charge is -2.32. The molecule has 0 spiro atoms. The summed E-state index contributed by atoms with van der Waals surface area (Å²) in [6.45, 7) is 0.957. The highest BCUT2D eigenvalue weighted by Crippen LogP contribution is 2.20. The molecule has 6 nitrogen and oxygen atoms in total. The third-order valence-corrected chi connectivity index (χ3v) is 4.14. The fraction of sp³-hybridized carbons (Fsp3) is 0.353. The molecular weight excluding hydrogens is 311 g/mol. The number of halogens is 1. The van der Waals surface area contributed by atoms with Crippen LogP contribution < -0.4 is 5.32 Å². The quantitative estimate of drug-likeness (QED) is 0.936. The normalized spacial score (nSPS) is 17.6. The number of nitrogens with zero attached hydrogens (tertiary/aromatic N) is 3. The number of hydrogen-bond donors (Lipinski definition) is 1. The summed E-state index contributed by atoms with van der Waals surface area (Å²) in [7, 11) is 1.78. The van der Waals surface area contributed by atoms with Crippen molar-refractivity contribution in [1.82, 2.24) is 14.7 Å². The van der Waals surface area contributed by atoms with E-state index in [9.17, 15) is 14.0 Å². The highest BCUT2D eigenvalue weighted by Gasteiger charge is 2.29. The maximum Gasteiger partial charge on any atom is 0.253 e. The van der Waals surface area contributed by atoms with E-state index in [1.54, 1.807) is 28.9 Å². The number of hydrogen-bond acceptors (Lipinski definition) is 3. The predicted octanol–water partition coefficient (Wildman–Crippen LogP) is 2.05. The van der Waals surface area contributed by atoms with Gasteiger partial charge in [0.2, 0.25) is 5.91 Å². The molecule has 0 unspecified atom stereocenters. The van der Waals surface area contributed by atoms with Crippen molar-refractivity contribution in [1.29, 1.82) is 0 Å². The van der Waals surface area contributed by atoms with Gasteiger partial charge in [-0.05, 0) is 37.1 Å². The van der Waals surface area contributed by atoms with Crippen LogP contribution >= 0.6 is 0 Å². The first-order valence-corrected chi connectivity index (χ1v) is 7.88. The second-order valence-corrected chi connectivity index (χ2v) is 5.96. The molecule has 1 aromatic heterocycles. The van der Waals surface area contributed by atoms with E-state index >= 15 is 0 Å². The van der Waals surface area contributed by atoms with Crippen molar-refractivity contribution in [3.63, 3.8) is 0 Å². The number of piperidine rings is 1. The molecular formula is C17H19FN4O2. The van der Waals surface area contributed by atoms with E-state index in [0.29, 0.717) is 24.5 Å². The van der Waals surface area contributed by atoms with Gasteiger partial charge in [0.05, 0.1) is 5.92 Å². The van der Waals surface area contributed by atoms with Crippen LogP contribution in [0.25, 0.3) is 0 Å². The Hall–Kier alpha value is -2.70. The Bertz CT molecular complexity index is 741. The van der Waals surface area contributed by atoms with Crippen molar-refractivity contribution in [2.45, 2.75) is 12.8 Å². The summed E-state index contributed by atoms with van der Waals surface area (Å²) in [5.41, 5.74) is 0.433. The first kappa shape index (κ1) is 16.2. The average molecular weight is 330 g/mol. The summed E-state index contributed by atoms with van der Waals surface area (Å²) in [6, 6.07) is 7.19. The van der Waals surface area contributed by atoms with Gasteiger partial charge in [0.25, 0.3) is 5.91 Å². The van der Waals surface area contributed by atoms with Gasteiger partial charge >= 0.3 is 0 Å². The summed E-state index contributed by atoms with van der Waals surface area (Å²) < 4.78 is 14.6. The number of likely N-dealkylation sites (tertiary alicyclic amines) is 1. The largest absolute Gasteiger partial charge is 0.338 e. The standard InChI is InChI=1S/C17H19FN4O2/c1-21-10-8-15(20-21)19-16(23)13-3-2-9-22(11-13)17(24)12-4-6-14(18)7-5-12/h4-8,10,13H,2-3,9,11H2,1H3,(H,19,20,23)/t13-/m0/s1. The van der Waals surface area contributed by atoms with Gasteiger partial charge in [0.1, 0.15) is 5.82 Å². The van der Waals surface area contributed by atoms with E-state index in [2.05, 4.69) is 10.4 Å². The van der Waals surface area contributed by atoms with E-state index in [1.165, 1.54) is 24.3 Å². The molecule has 0 saturated carbocycles. The fourth-order valence-corrected chi connectivity index (χ4v) is 2.86. The van der Waals surface area contributed by atoms with Gasteiger partial charge in [-0.2, -0.15) is 5.10 Å². The fourth-order valence-electron chi connectivity index (χ4n) is 2.86. The second-order valence-electron chi connectivity index (χ2n) is 5.96. The minimum absolute atomic E-state index is 0.134. The van der Waals surface area contributed by atoms with Gasteiger partial charge in [0, 0.05) is 38.0 Å². The zero-order valence-electron chi connectivity index (χ0n) is 13.4. The van der Waals surface area contributed by atoms with Crippen molar-refractivity contribution in [3.8, 4) is 0 Å². The first-order valence-electron chi connectivity index (χ1n) is 7.88. The SMILES string of the molecule is Cn1ccc(NC(=O)[C@H]2CCCN(C(=O)c3ccc(F)cc3)C2)n1. The van der Waals surface area contributed by atoms with Crippen LogP contribution in [0.15, 0.2) is 36.5 Å². The molecule has 1 saturated heterocycles. The second kappa shape index (κ2) is 6.82. The molecule has 3 rings (SSSR count). The lowest BCUT2D eigenvalue weighted by molar-refractivity contribution is -0.121. The third-order valence-electron chi connectivity index (χ3n) is 4.14. The van der Waals surface area contributed by atoms with Crippen LogP contribution in [0.1, 0.15) is 23.2 Å². The van der Waals surface area contributed by atoms with Crippen LogP contribution in [0.2, 0.25) is 0 Å². The zero-order valence-corrected chi connectivity index (χ0v) is 13.4. The van der Waals surface area contributed by atoms with E-state index in [1.807, 2.05) is 0 Å². The Balaban J connectivity index is 1.64. The molecule has 24 heavy (non-hydrogen) atoms. The Morgan fingerprint density at radius 1 is 1.25 bits per heavy atom. The van der Waals surface area contributed by atoms with Crippen LogP contribution in [0.3, 0.4) is 0 Å². The van der Waals surface area contributed by atoms with E-state index in [0.717, 1.165) is 12.8 Å². The van der Waals surface area contributed by atoms with Gasteiger partial charge in [-0.3, -0.25) is 14.3 Å². The summed E-state index contributed by atoms with van der Waals surface area (Å²) in [5, 5.41) is 6.90. The molecule has 2 heterocycles. The van der Waals surface area contributed by atoms with Crippen LogP contribution in [-0.2, 0) is 11.8 Å². The summed E-state index contributed by atoms with van der Waals surface area (Å²) in [6.07, 6.45) is 3.24. The number of anilines is 1. The highest BCUT2D eigenvalue weighted by atomic mass is 19.1. The number of carbonyl (C=O) groups excluding carboxylic acids is 2. The molecule has 0 aliphatic carbocycles. The lowest BCUT2D eigenvalue weighted by atomic mass is 9.96. The third kappa shape index (κ3) is 3.61. The topological polar surface area (TPSA) is 67.2 Å². The van der Waals surface area contributed by atoms with Crippen molar-refractivity contribution in [3.05, 3.63) is 47.9 Å². The molecule has 1 aliphatic rings. The predicted molar refractivity (Wildman–Crippen MR) is 86.9 cm³/mol. The summed E-state index contributed by atoms with van der Waals surface area (Å²) in [4.78, 5) is 26.5. The summed E-state index contributed by atoms with van der Waals surface area (Å²) >= 11 is 0. The van der Waals surface area contributed by atoms with Gasteiger partial charge in [0.15, 0.2) is 5.82 Å². The van der Waals surface area contributed by atoms with E-state index in [4.69, 9.17) is 0 Å². The van der Waals surface area contributed by atoms with Gasteiger partial charge in [-0.1, -0.05) is 0 Å². The molecule has 7 heteroatoms. The Kier molecular flexibility index (Phi) is 4.59. The van der Waals surface area contributed by atoms with Crippen molar-refractivity contribution in [2.24, 2.45) is 13.0 Å². The lowest BCUT2D eigenvalue weighted by Crippen LogP contribution is -2.43. The number of aryl methyl sites for hydroxylation is 1. The molecule has 1 fully saturated rings. The van der Waals surface area contributed by atoms with Gasteiger partial charge in [-0.15, -0.1) is 0 Å². The average Bonchev–Trinajstić information content (AvgIpc) is 3.00. The Labute approximate surface area is 139 Å².